The van der Waals surface area contributed by atoms with Crippen LogP contribution in [-0.2, 0) is 0 Å². The molecular weight excluding hydrogens is 724 g/mol. The lowest BCUT2D eigenvalue weighted by Crippen LogP contribution is -2.79. The molecule has 1 fully saturated rings. The Kier molecular flexibility index (Phi) is 7.60. The number of benzene rings is 3. The Hall–Kier alpha value is -4.96. The predicted molar refractivity (Wildman–Crippen MR) is 235 cm³/mol. The monoisotopic (exact) mass is 760 g/mol. The van der Waals surface area contributed by atoms with Crippen LogP contribution >= 0.6 is 23.5 Å². The van der Waals surface area contributed by atoms with Crippen LogP contribution in [0.2, 0.25) is 0 Å². The van der Waals surface area contributed by atoms with Crippen LogP contribution in [0.25, 0.3) is 5.57 Å². The van der Waals surface area contributed by atoms with Crippen molar-refractivity contribution in [1.29, 1.82) is 0 Å². The molecule has 13 heteroatoms. The molecule has 11 rings (SSSR count). The topological polar surface area (TPSA) is 38.7 Å². The first kappa shape index (κ1) is 33.4. The van der Waals surface area contributed by atoms with Crippen molar-refractivity contribution in [3.05, 3.63) is 175 Å². The number of fused-ring (bicyclic) bond motifs is 16. The zero-order valence-corrected chi connectivity index (χ0v) is 33.5. The van der Waals surface area contributed by atoms with Crippen molar-refractivity contribution in [3.63, 3.8) is 0 Å². The molecule has 55 heavy (non-hydrogen) atoms. The highest BCUT2D eigenvalue weighted by Gasteiger charge is 2.55. The molecule has 0 amide bonds. The van der Waals surface area contributed by atoms with E-state index in [2.05, 4.69) is 204 Å². The molecule has 0 unspecified atom stereocenters. The van der Waals surface area contributed by atoms with Gasteiger partial charge in [0.05, 0.1) is 17.2 Å². The number of rotatable bonds is 1. The van der Waals surface area contributed by atoms with E-state index in [4.69, 9.17) is 9.97 Å². The Labute approximate surface area is 334 Å². The molecule has 0 aliphatic carbocycles. The van der Waals surface area contributed by atoms with E-state index in [1.165, 1.54) is 35.7 Å². The second kappa shape index (κ2) is 12.5. The summed E-state index contributed by atoms with van der Waals surface area (Å²) in [7, 11) is -2.80. The van der Waals surface area contributed by atoms with Crippen LogP contribution in [0, 0.1) is 5.41 Å². The molecule has 6 nitrogen and oxygen atoms in total. The van der Waals surface area contributed by atoms with Crippen molar-refractivity contribution in [2.75, 3.05) is 0 Å². The van der Waals surface area contributed by atoms with Crippen molar-refractivity contribution in [2.24, 2.45) is 5.41 Å². The lowest BCUT2D eigenvalue weighted by atomic mass is 9.38. The van der Waals surface area contributed by atoms with Gasteiger partial charge in [-0.15, -0.1) is 0 Å². The zero-order valence-electron chi connectivity index (χ0n) is 30.9. The number of nitrogens with zero attached hydrogens (tertiary/aromatic N) is 6. The van der Waals surface area contributed by atoms with E-state index >= 15 is 0 Å². The minimum Gasteiger partial charge on any atom is -0.423 e. The van der Waals surface area contributed by atoms with Gasteiger partial charge in [-0.05, 0) is 99.3 Å². The summed E-state index contributed by atoms with van der Waals surface area (Å²) in [5.74, 6) is 6.95. The quantitative estimate of drug-likeness (QED) is 0.198. The van der Waals surface area contributed by atoms with Gasteiger partial charge in [0, 0.05) is 14.7 Å². The van der Waals surface area contributed by atoms with E-state index < -0.39 is 8.07 Å². The van der Waals surface area contributed by atoms with Crippen molar-refractivity contribution in [2.45, 2.75) is 40.5 Å². The van der Waals surface area contributed by atoms with E-state index in [-0.39, 0.29) is 33.3 Å². The molecule has 0 saturated carbocycles. The van der Waals surface area contributed by atoms with Crippen LogP contribution in [-0.4, -0.2) is 64.9 Å². The molecular formula is C42H36B4N6S2Si. The third-order valence-corrected chi connectivity index (χ3v) is 19.5. The van der Waals surface area contributed by atoms with Crippen LogP contribution in [0.4, 0.5) is 0 Å². The molecule has 0 atom stereocenters. The molecule has 262 valence electrons. The highest BCUT2D eigenvalue weighted by atomic mass is 32.2. The fraction of sp³-hybridized carbons (Fsp3) is 0.0952. The number of hydrogen-bond donors (Lipinski definition) is 0. The zero-order chi connectivity index (χ0) is 36.9. The second-order valence-corrected chi connectivity index (χ2v) is 21.5. The van der Waals surface area contributed by atoms with Crippen LogP contribution in [0.5, 0.6) is 0 Å². The maximum absolute atomic E-state index is 5.71. The Morgan fingerprint density at radius 1 is 0.582 bits per heavy atom. The lowest BCUT2D eigenvalue weighted by Gasteiger charge is -2.55. The lowest BCUT2D eigenvalue weighted by molar-refractivity contribution is 0.508. The van der Waals surface area contributed by atoms with Gasteiger partial charge in [0.25, 0.3) is 0 Å². The number of hydrogen-bond acceptors (Lipinski definition) is 8. The van der Waals surface area contributed by atoms with Gasteiger partial charge in [0.1, 0.15) is 5.03 Å². The Balaban J connectivity index is 1.13. The van der Waals surface area contributed by atoms with E-state index in [0.717, 1.165) is 21.6 Å². The third kappa shape index (κ3) is 4.88. The van der Waals surface area contributed by atoms with Gasteiger partial charge in [0.2, 0.25) is 8.07 Å². The fourth-order valence-electron chi connectivity index (χ4n) is 9.61. The number of allylic oxidation sites excluding steroid dienone is 9. The van der Waals surface area contributed by atoms with Gasteiger partial charge < -0.3 is 18.9 Å². The smallest absolute Gasteiger partial charge is 0.385 e. The summed E-state index contributed by atoms with van der Waals surface area (Å²) in [6, 6.07) is 27.1. The van der Waals surface area contributed by atoms with Crippen LogP contribution in [0.15, 0.2) is 189 Å². The first-order valence-electron chi connectivity index (χ1n) is 19.0. The van der Waals surface area contributed by atoms with Crippen molar-refractivity contribution >= 4 is 86.0 Å². The minimum atomic E-state index is -2.80. The van der Waals surface area contributed by atoms with Crippen LogP contribution < -0.4 is 20.9 Å². The summed E-state index contributed by atoms with van der Waals surface area (Å²) in [5, 5.41) is 6.37. The molecule has 7 aliphatic heterocycles. The van der Waals surface area contributed by atoms with Crippen LogP contribution in [0.1, 0.15) is 26.5 Å². The van der Waals surface area contributed by atoms with Gasteiger partial charge >= 0.3 is 27.9 Å². The van der Waals surface area contributed by atoms with E-state index in [1.54, 1.807) is 11.8 Å². The first-order valence-corrected chi connectivity index (χ1v) is 22.7. The van der Waals surface area contributed by atoms with Crippen LogP contribution in [0.3, 0.4) is 0 Å². The largest absolute Gasteiger partial charge is 0.423 e. The summed E-state index contributed by atoms with van der Waals surface area (Å²) in [5.41, 5.74) is 3.19. The molecule has 0 bridgehead atoms. The summed E-state index contributed by atoms with van der Waals surface area (Å²) >= 11 is 3.67. The van der Waals surface area contributed by atoms with Gasteiger partial charge in [-0.3, -0.25) is 4.98 Å². The Bertz CT molecular complexity index is 2450. The summed E-state index contributed by atoms with van der Waals surface area (Å²) in [6.07, 6.45) is 26.5. The molecule has 1 spiro atoms. The molecule has 0 radical (unpaired) electrons. The van der Waals surface area contributed by atoms with Crippen molar-refractivity contribution in [1.82, 2.24) is 28.9 Å². The molecule has 0 N–H and O–H groups in total. The Morgan fingerprint density at radius 3 is 1.64 bits per heavy atom. The standard InChI is InChI=1S/C42H36B4N6S2Si/c1-42(2,3)39-31(22-29-52-45-25-11-14-27-50(45)43-23-10-13-26-49(43)44-24-12-15-28-51(44)46(39)52)32-30-47-41-40(48-32)54-35-18-6-9-21-38(35)55(41)36-19-7-4-16-33(36)53-34-17-5-8-20-37(34)55/h4-30H,1-3H3. The predicted octanol–water partition coefficient (Wildman–Crippen LogP) is 5.69. The van der Waals surface area contributed by atoms with E-state index in [1.807, 2.05) is 11.8 Å². The third-order valence-electron chi connectivity index (χ3n) is 11.8. The van der Waals surface area contributed by atoms with Gasteiger partial charge in [0.15, 0.2) is 0 Å². The highest BCUT2D eigenvalue weighted by molar-refractivity contribution is 8.01. The van der Waals surface area contributed by atoms with Crippen molar-refractivity contribution in [3.8, 4) is 0 Å². The molecule has 7 aliphatic rings. The molecule has 8 heterocycles. The number of aromatic nitrogens is 2. The molecule has 1 aromatic heterocycles. The summed E-state index contributed by atoms with van der Waals surface area (Å²) in [6.45, 7) is 7.04. The summed E-state index contributed by atoms with van der Waals surface area (Å²) in [4.78, 5) is 15.3. The van der Waals surface area contributed by atoms with Gasteiger partial charge in [-0.1, -0.05) is 135 Å². The maximum atomic E-state index is 5.71. The summed E-state index contributed by atoms with van der Waals surface area (Å²) < 4.78 is 10.0. The molecule has 4 aromatic rings. The average molecular weight is 760 g/mol. The Morgan fingerprint density at radius 2 is 1.07 bits per heavy atom. The highest BCUT2D eigenvalue weighted by Crippen LogP contribution is 2.43. The van der Waals surface area contributed by atoms with Gasteiger partial charge in [-0.25, -0.2) is 4.98 Å². The van der Waals surface area contributed by atoms with E-state index in [9.17, 15) is 0 Å². The maximum Gasteiger partial charge on any atom is 0.385 e. The van der Waals surface area contributed by atoms with E-state index in [0.29, 0.717) is 0 Å². The SMILES string of the molecule is CC(C)(C)C1=C(c2cnc3c(n2)Sc2ccccc2[Si]32c3ccccc3Sc3ccccc32)C=CN2B3C=CC=CN3B3C=CC=CN3B3C=CC=CN3B12. The van der Waals surface area contributed by atoms with Gasteiger partial charge in [-0.2, -0.15) is 0 Å². The second-order valence-electron chi connectivity index (χ2n) is 15.8. The van der Waals surface area contributed by atoms with Crippen molar-refractivity contribution < 1.29 is 0 Å². The molecule has 1 saturated heterocycles. The average Bonchev–Trinajstić information content (AvgIpc) is 3.22. The first-order chi connectivity index (χ1) is 26.9. The normalized spacial score (nSPS) is 19.4. The molecule has 3 aromatic carbocycles. The fourth-order valence-corrected chi connectivity index (χ4v) is 18.4. The minimum absolute atomic E-state index is 0.00546.